The first-order valence-corrected chi connectivity index (χ1v) is 14.3. The lowest BCUT2D eigenvalue weighted by Gasteiger charge is -2.54. The van der Waals surface area contributed by atoms with Crippen LogP contribution in [0.15, 0.2) is 109 Å². The fraction of sp³-hybridized carbons (Fsp3) is 0.270. The van der Waals surface area contributed by atoms with Crippen LogP contribution < -0.4 is 0 Å². The standard InChI is InChI=1S/C37H35NO4/c1-4-42-35(40)36(24-38)31(27-19-15-25(2)16-20-27)23-37(41,30-13-9-6-10-14-30)33(34(39)29-11-7-5-8-12-29)32(36)28-21-17-26(3)18-22-28/h5-22,31-33,41H,4,23H2,1-3H3/t31-,32+,33-,36+,37-/m0/s1. The number of carbonyl (C=O) groups is 2. The van der Waals surface area contributed by atoms with E-state index in [1.807, 2.05) is 98.8 Å². The lowest BCUT2D eigenvalue weighted by Crippen LogP contribution is -2.59. The van der Waals surface area contributed by atoms with Gasteiger partial charge in [0.25, 0.3) is 0 Å². The van der Waals surface area contributed by atoms with Gasteiger partial charge in [-0.25, -0.2) is 0 Å². The molecule has 0 aromatic heterocycles. The van der Waals surface area contributed by atoms with Gasteiger partial charge in [-0.3, -0.25) is 9.59 Å². The average molecular weight is 558 g/mol. The van der Waals surface area contributed by atoms with Gasteiger partial charge in [0.05, 0.1) is 18.6 Å². The normalized spacial score (nSPS) is 25.3. The highest BCUT2D eigenvalue weighted by molar-refractivity contribution is 6.00. The lowest BCUT2D eigenvalue weighted by atomic mass is 9.47. The van der Waals surface area contributed by atoms with Crippen molar-refractivity contribution in [2.75, 3.05) is 6.61 Å². The molecule has 1 fully saturated rings. The molecule has 1 saturated carbocycles. The lowest BCUT2D eigenvalue weighted by molar-refractivity contribution is -0.164. The summed E-state index contributed by atoms with van der Waals surface area (Å²) in [6.45, 7) is 5.71. The van der Waals surface area contributed by atoms with Crippen LogP contribution in [0.2, 0.25) is 0 Å². The maximum absolute atomic E-state index is 14.7. The molecule has 42 heavy (non-hydrogen) atoms. The van der Waals surface area contributed by atoms with Gasteiger partial charge in [-0.2, -0.15) is 5.26 Å². The van der Waals surface area contributed by atoms with Crippen LogP contribution in [-0.2, 0) is 15.1 Å². The molecule has 0 spiro atoms. The third kappa shape index (κ3) is 4.93. The molecule has 5 atom stereocenters. The molecule has 5 rings (SSSR count). The minimum absolute atomic E-state index is 0.0297. The summed E-state index contributed by atoms with van der Waals surface area (Å²) in [5, 5.41) is 24.1. The average Bonchev–Trinajstić information content (AvgIpc) is 3.02. The Balaban J connectivity index is 1.89. The van der Waals surface area contributed by atoms with Crippen molar-refractivity contribution in [2.45, 2.75) is 44.6 Å². The molecule has 0 radical (unpaired) electrons. The molecule has 1 N–H and O–H groups in total. The third-order valence-electron chi connectivity index (χ3n) is 8.73. The monoisotopic (exact) mass is 557 g/mol. The summed E-state index contributed by atoms with van der Waals surface area (Å²) >= 11 is 0. The molecule has 1 aliphatic rings. The molecule has 5 nitrogen and oxygen atoms in total. The van der Waals surface area contributed by atoms with Crippen LogP contribution >= 0.6 is 0 Å². The van der Waals surface area contributed by atoms with Crippen LogP contribution in [0.5, 0.6) is 0 Å². The summed E-state index contributed by atoms with van der Waals surface area (Å²) in [4.78, 5) is 29.0. The van der Waals surface area contributed by atoms with E-state index in [1.54, 1.807) is 31.2 Å². The first-order valence-electron chi connectivity index (χ1n) is 14.3. The minimum atomic E-state index is -1.81. The summed E-state index contributed by atoms with van der Waals surface area (Å²) in [6, 6.07) is 35.6. The van der Waals surface area contributed by atoms with Crippen molar-refractivity contribution in [3.8, 4) is 6.07 Å². The Kier molecular flexibility index (Phi) is 8.11. The van der Waals surface area contributed by atoms with Crippen LogP contribution in [0.3, 0.4) is 0 Å². The molecule has 1 aliphatic carbocycles. The Labute approximate surface area is 247 Å². The summed E-state index contributed by atoms with van der Waals surface area (Å²) in [6.07, 6.45) is -0.0297. The number of ether oxygens (including phenoxy) is 1. The molecule has 0 bridgehead atoms. The van der Waals surface area contributed by atoms with Crippen LogP contribution in [0.25, 0.3) is 0 Å². The van der Waals surface area contributed by atoms with Gasteiger partial charge < -0.3 is 9.84 Å². The van der Waals surface area contributed by atoms with E-state index in [2.05, 4.69) is 6.07 Å². The molecule has 5 heteroatoms. The minimum Gasteiger partial charge on any atom is -0.465 e. The van der Waals surface area contributed by atoms with Crippen LogP contribution in [0, 0.1) is 36.5 Å². The number of esters is 1. The Bertz CT molecular complexity index is 1590. The Morgan fingerprint density at radius 2 is 1.36 bits per heavy atom. The van der Waals surface area contributed by atoms with E-state index >= 15 is 0 Å². The number of rotatable bonds is 7. The predicted octanol–water partition coefficient (Wildman–Crippen LogP) is 7.03. The maximum Gasteiger partial charge on any atom is 0.327 e. The zero-order valence-corrected chi connectivity index (χ0v) is 24.2. The van der Waals surface area contributed by atoms with Crippen LogP contribution in [-0.4, -0.2) is 23.5 Å². The van der Waals surface area contributed by atoms with Gasteiger partial charge in [-0.15, -0.1) is 0 Å². The summed E-state index contributed by atoms with van der Waals surface area (Å²) in [5.74, 6) is -4.00. The number of nitrogens with zero attached hydrogens (tertiary/aromatic N) is 1. The van der Waals surface area contributed by atoms with E-state index in [-0.39, 0.29) is 18.8 Å². The summed E-state index contributed by atoms with van der Waals surface area (Å²) in [5.41, 5.74) is 0.805. The number of carbonyl (C=O) groups excluding carboxylic acids is 2. The highest BCUT2D eigenvalue weighted by Crippen LogP contribution is 2.63. The number of nitriles is 1. The molecule has 0 amide bonds. The highest BCUT2D eigenvalue weighted by Gasteiger charge is 2.67. The third-order valence-corrected chi connectivity index (χ3v) is 8.73. The predicted molar refractivity (Wildman–Crippen MR) is 162 cm³/mol. The molecular weight excluding hydrogens is 522 g/mol. The molecule has 0 unspecified atom stereocenters. The van der Waals surface area contributed by atoms with E-state index in [9.17, 15) is 20.0 Å². The largest absolute Gasteiger partial charge is 0.465 e. The number of hydrogen-bond donors (Lipinski definition) is 1. The fourth-order valence-electron chi connectivity index (χ4n) is 6.65. The van der Waals surface area contributed by atoms with Gasteiger partial charge in [0.15, 0.2) is 11.2 Å². The van der Waals surface area contributed by atoms with Crippen molar-refractivity contribution in [1.82, 2.24) is 0 Å². The van der Waals surface area contributed by atoms with Crippen molar-refractivity contribution in [2.24, 2.45) is 11.3 Å². The van der Waals surface area contributed by atoms with Gasteiger partial charge in [-0.1, -0.05) is 120 Å². The Hall–Kier alpha value is -4.53. The van der Waals surface area contributed by atoms with E-state index in [0.29, 0.717) is 16.7 Å². The molecule has 4 aromatic carbocycles. The smallest absolute Gasteiger partial charge is 0.327 e. The van der Waals surface area contributed by atoms with Gasteiger partial charge in [0.1, 0.15) is 5.60 Å². The number of aryl methyl sites for hydroxylation is 2. The second kappa shape index (κ2) is 11.8. The molecule has 0 aliphatic heterocycles. The van der Waals surface area contributed by atoms with Crippen molar-refractivity contribution >= 4 is 11.8 Å². The van der Waals surface area contributed by atoms with Crippen LogP contribution in [0.4, 0.5) is 0 Å². The van der Waals surface area contributed by atoms with Crippen molar-refractivity contribution < 1.29 is 19.4 Å². The Morgan fingerprint density at radius 1 is 0.833 bits per heavy atom. The molecule has 212 valence electrons. The molecule has 0 heterocycles. The van der Waals surface area contributed by atoms with Gasteiger partial charge in [0.2, 0.25) is 0 Å². The number of Topliss-reactive ketones (excluding diaryl/α,β-unsaturated/α-hetero) is 1. The second-order valence-corrected chi connectivity index (χ2v) is 11.3. The first kappa shape index (κ1) is 29.0. The topological polar surface area (TPSA) is 87.4 Å². The van der Waals surface area contributed by atoms with E-state index < -0.39 is 34.7 Å². The van der Waals surface area contributed by atoms with Crippen LogP contribution in [0.1, 0.15) is 63.4 Å². The first-order chi connectivity index (χ1) is 20.3. The fourth-order valence-corrected chi connectivity index (χ4v) is 6.65. The zero-order chi connectivity index (χ0) is 29.9. The summed E-state index contributed by atoms with van der Waals surface area (Å²) in [7, 11) is 0. The number of aliphatic hydroxyl groups is 1. The van der Waals surface area contributed by atoms with Crippen molar-refractivity contribution in [3.05, 3.63) is 143 Å². The number of hydrogen-bond acceptors (Lipinski definition) is 5. The molecular formula is C37H35NO4. The van der Waals surface area contributed by atoms with E-state index in [4.69, 9.17) is 4.74 Å². The maximum atomic E-state index is 14.7. The molecule has 0 saturated heterocycles. The van der Waals surface area contributed by atoms with E-state index in [0.717, 1.165) is 16.7 Å². The van der Waals surface area contributed by atoms with Crippen molar-refractivity contribution in [1.29, 1.82) is 5.26 Å². The SMILES string of the molecule is CCOC(=O)[C@@]1(C#N)[C@H](c2ccc(C)cc2)[C@@H](C(=O)c2ccccc2)[C@@](O)(c2ccccc2)C[C@H]1c1ccc(C)cc1. The number of benzene rings is 4. The van der Waals surface area contributed by atoms with E-state index in [1.165, 1.54) is 0 Å². The Morgan fingerprint density at radius 3 is 1.88 bits per heavy atom. The molecule has 4 aromatic rings. The second-order valence-electron chi connectivity index (χ2n) is 11.3. The van der Waals surface area contributed by atoms with Crippen molar-refractivity contribution in [3.63, 3.8) is 0 Å². The van der Waals surface area contributed by atoms with Gasteiger partial charge in [0, 0.05) is 17.4 Å². The van der Waals surface area contributed by atoms with Gasteiger partial charge >= 0.3 is 5.97 Å². The highest BCUT2D eigenvalue weighted by atomic mass is 16.5. The zero-order valence-electron chi connectivity index (χ0n) is 24.2. The quantitative estimate of drug-likeness (QED) is 0.195. The number of ketones is 1. The van der Waals surface area contributed by atoms with Gasteiger partial charge in [-0.05, 0) is 43.9 Å². The summed E-state index contributed by atoms with van der Waals surface area (Å²) < 4.78 is 5.68.